The van der Waals surface area contributed by atoms with Gasteiger partial charge in [0.2, 0.25) is 5.91 Å². The van der Waals surface area contributed by atoms with Crippen LogP contribution < -0.4 is 5.32 Å². The summed E-state index contributed by atoms with van der Waals surface area (Å²) in [6.45, 7) is 1.19. The summed E-state index contributed by atoms with van der Waals surface area (Å²) in [7, 11) is 0. The van der Waals surface area contributed by atoms with Gasteiger partial charge in [0, 0.05) is 17.8 Å². The van der Waals surface area contributed by atoms with Crippen LogP contribution in [0.3, 0.4) is 0 Å². The van der Waals surface area contributed by atoms with E-state index in [1.165, 1.54) is 19.1 Å². The van der Waals surface area contributed by atoms with Crippen LogP contribution in [0.15, 0.2) is 24.3 Å². The number of nitro groups is 1. The molecule has 8 nitrogen and oxygen atoms in total. The SMILES string of the molecule is Cc1cc(C(F)F)nn1CC(=O)Nc1ccc([N+](=O)[O-])cc1C#N. The van der Waals surface area contributed by atoms with E-state index in [4.69, 9.17) is 5.26 Å². The Hall–Kier alpha value is -3.35. The first-order valence-electron chi connectivity index (χ1n) is 6.62. The van der Waals surface area contributed by atoms with Crippen molar-refractivity contribution in [3.63, 3.8) is 0 Å². The van der Waals surface area contributed by atoms with E-state index >= 15 is 0 Å². The third-order valence-corrected chi connectivity index (χ3v) is 3.13. The predicted octanol–water partition coefficient (Wildman–Crippen LogP) is 2.55. The van der Waals surface area contributed by atoms with E-state index in [1.54, 1.807) is 6.07 Å². The summed E-state index contributed by atoms with van der Waals surface area (Å²) in [5, 5.41) is 25.7. The molecule has 10 heteroatoms. The number of nitrogens with one attached hydrogen (secondary N) is 1. The lowest BCUT2D eigenvalue weighted by Crippen LogP contribution is -2.21. The minimum absolute atomic E-state index is 0.0805. The number of halogens is 2. The van der Waals surface area contributed by atoms with E-state index in [2.05, 4.69) is 10.4 Å². The lowest BCUT2D eigenvalue weighted by molar-refractivity contribution is -0.384. The number of nitrogens with zero attached hydrogens (tertiary/aromatic N) is 4. The summed E-state index contributed by atoms with van der Waals surface area (Å²) in [5.41, 5.74) is -0.331. The first kappa shape index (κ1) is 17.0. The monoisotopic (exact) mass is 335 g/mol. The van der Waals surface area contributed by atoms with Crippen LogP contribution in [0.1, 0.15) is 23.4 Å². The van der Waals surface area contributed by atoms with Crippen LogP contribution in [-0.2, 0) is 11.3 Å². The van der Waals surface area contributed by atoms with Crippen LogP contribution in [0.2, 0.25) is 0 Å². The molecule has 1 aromatic carbocycles. The first-order valence-corrected chi connectivity index (χ1v) is 6.62. The zero-order chi connectivity index (χ0) is 17.9. The molecule has 1 aromatic heterocycles. The molecule has 0 atom stereocenters. The van der Waals surface area contributed by atoms with Gasteiger partial charge in [-0.3, -0.25) is 19.6 Å². The maximum absolute atomic E-state index is 12.6. The van der Waals surface area contributed by atoms with Gasteiger partial charge < -0.3 is 5.32 Å². The molecule has 0 bridgehead atoms. The van der Waals surface area contributed by atoms with Crippen molar-refractivity contribution in [2.24, 2.45) is 0 Å². The van der Waals surface area contributed by atoms with E-state index in [9.17, 15) is 23.7 Å². The maximum atomic E-state index is 12.6. The molecular formula is C14H11F2N5O3. The molecule has 0 radical (unpaired) electrons. The molecule has 1 N–H and O–H groups in total. The number of carbonyl (C=O) groups is 1. The van der Waals surface area contributed by atoms with Crippen molar-refractivity contribution >= 4 is 17.3 Å². The number of nitro benzene ring substituents is 1. The molecule has 0 saturated heterocycles. The Morgan fingerprint density at radius 1 is 1.50 bits per heavy atom. The topological polar surface area (TPSA) is 114 Å². The molecular weight excluding hydrogens is 324 g/mol. The Balaban J connectivity index is 2.16. The lowest BCUT2D eigenvalue weighted by Gasteiger charge is -2.08. The number of aromatic nitrogens is 2. The molecule has 0 aliphatic carbocycles. The number of anilines is 1. The van der Waals surface area contributed by atoms with Gasteiger partial charge in [-0.25, -0.2) is 8.78 Å². The van der Waals surface area contributed by atoms with Crippen molar-refractivity contribution in [3.8, 4) is 6.07 Å². The van der Waals surface area contributed by atoms with Gasteiger partial charge in [-0.2, -0.15) is 10.4 Å². The largest absolute Gasteiger partial charge is 0.323 e. The minimum Gasteiger partial charge on any atom is -0.323 e. The standard InChI is InChI=1S/C14H11F2N5O3/c1-8-4-12(14(15)16)19-20(8)7-13(22)18-11-3-2-10(21(23)24)5-9(11)6-17/h2-5,14H,7H2,1H3,(H,18,22). The van der Waals surface area contributed by atoms with Crippen molar-refractivity contribution in [3.05, 3.63) is 51.3 Å². The Labute approximate surface area is 134 Å². The van der Waals surface area contributed by atoms with E-state index in [0.717, 1.165) is 16.8 Å². The molecule has 0 aliphatic heterocycles. The number of benzene rings is 1. The number of carbonyl (C=O) groups excluding carboxylic acids is 1. The number of aryl methyl sites for hydroxylation is 1. The fourth-order valence-corrected chi connectivity index (χ4v) is 1.98. The Bertz CT molecular complexity index is 841. The average Bonchev–Trinajstić information content (AvgIpc) is 2.88. The number of non-ortho nitro benzene ring substituents is 1. The van der Waals surface area contributed by atoms with Gasteiger partial charge in [-0.1, -0.05) is 0 Å². The van der Waals surface area contributed by atoms with Crippen LogP contribution >= 0.6 is 0 Å². The highest BCUT2D eigenvalue weighted by molar-refractivity contribution is 5.92. The molecule has 124 valence electrons. The van der Waals surface area contributed by atoms with Gasteiger partial charge >= 0.3 is 0 Å². The highest BCUT2D eigenvalue weighted by Crippen LogP contribution is 2.22. The second kappa shape index (κ2) is 6.82. The molecule has 1 heterocycles. The van der Waals surface area contributed by atoms with Gasteiger partial charge in [0.1, 0.15) is 18.3 Å². The molecule has 1 amide bonds. The predicted molar refractivity (Wildman–Crippen MR) is 78.4 cm³/mol. The number of hydrogen-bond acceptors (Lipinski definition) is 5. The number of amides is 1. The highest BCUT2D eigenvalue weighted by atomic mass is 19.3. The molecule has 0 aliphatic rings. The van der Waals surface area contributed by atoms with Crippen molar-refractivity contribution in [1.82, 2.24) is 9.78 Å². The molecule has 2 rings (SSSR count). The number of nitriles is 1. The highest BCUT2D eigenvalue weighted by Gasteiger charge is 2.16. The Kier molecular flexibility index (Phi) is 4.84. The molecule has 0 spiro atoms. The van der Waals surface area contributed by atoms with Crippen LogP contribution in [0.4, 0.5) is 20.2 Å². The normalized spacial score (nSPS) is 10.5. The fourth-order valence-electron chi connectivity index (χ4n) is 1.98. The number of hydrogen-bond donors (Lipinski definition) is 1. The Morgan fingerprint density at radius 2 is 2.21 bits per heavy atom. The molecule has 0 fully saturated rings. The van der Waals surface area contributed by atoms with Crippen LogP contribution in [0.5, 0.6) is 0 Å². The third-order valence-electron chi connectivity index (χ3n) is 3.13. The summed E-state index contributed by atoms with van der Waals surface area (Å²) in [4.78, 5) is 22.0. The summed E-state index contributed by atoms with van der Waals surface area (Å²) in [6.07, 6.45) is -2.74. The van der Waals surface area contributed by atoms with Crippen molar-refractivity contribution in [2.45, 2.75) is 19.9 Å². The number of rotatable bonds is 5. The summed E-state index contributed by atoms with van der Waals surface area (Å²) in [6, 6.07) is 6.33. The second-order valence-corrected chi connectivity index (χ2v) is 4.82. The van der Waals surface area contributed by atoms with Crippen molar-refractivity contribution in [2.75, 3.05) is 5.32 Å². The van der Waals surface area contributed by atoms with Gasteiger partial charge in [0.05, 0.1) is 16.2 Å². The quantitative estimate of drug-likeness (QED) is 0.666. The zero-order valence-corrected chi connectivity index (χ0v) is 12.4. The van der Waals surface area contributed by atoms with E-state index in [-0.39, 0.29) is 23.5 Å². The molecule has 0 unspecified atom stereocenters. The van der Waals surface area contributed by atoms with E-state index in [0.29, 0.717) is 5.69 Å². The first-order chi connectivity index (χ1) is 11.3. The molecule has 2 aromatic rings. The average molecular weight is 335 g/mol. The van der Waals surface area contributed by atoms with Crippen LogP contribution in [-0.4, -0.2) is 20.6 Å². The van der Waals surface area contributed by atoms with Gasteiger partial charge in [0.15, 0.2) is 0 Å². The van der Waals surface area contributed by atoms with Gasteiger partial charge in [-0.05, 0) is 19.1 Å². The second-order valence-electron chi connectivity index (χ2n) is 4.82. The van der Waals surface area contributed by atoms with Crippen LogP contribution in [0, 0.1) is 28.4 Å². The van der Waals surface area contributed by atoms with Crippen molar-refractivity contribution < 1.29 is 18.5 Å². The van der Waals surface area contributed by atoms with Crippen LogP contribution in [0.25, 0.3) is 0 Å². The van der Waals surface area contributed by atoms with Gasteiger partial charge in [0.25, 0.3) is 12.1 Å². The van der Waals surface area contributed by atoms with E-state index < -0.39 is 22.9 Å². The summed E-state index contributed by atoms with van der Waals surface area (Å²) < 4.78 is 26.3. The smallest absolute Gasteiger partial charge is 0.282 e. The maximum Gasteiger partial charge on any atom is 0.282 e. The zero-order valence-electron chi connectivity index (χ0n) is 12.4. The lowest BCUT2D eigenvalue weighted by atomic mass is 10.1. The molecule has 0 saturated carbocycles. The minimum atomic E-state index is -2.74. The summed E-state index contributed by atoms with van der Waals surface area (Å²) in [5.74, 6) is -0.604. The van der Waals surface area contributed by atoms with Gasteiger partial charge in [-0.15, -0.1) is 0 Å². The fraction of sp³-hybridized carbons (Fsp3) is 0.214. The summed E-state index contributed by atoms with van der Waals surface area (Å²) >= 11 is 0. The van der Waals surface area contributed by atoms with Crippen molar-refractivity contribution in [1.29, 1.82) is 5.26 Å². The molecule has 24 heavy (non-hydrogen) atoms. The Morgan fingerprint density at radius 3 is 2.75 bits per heavy atom. The third kappa shape index (κ3) is 3.70. The number of alkyl halides is 2. The van der Waals surface area contributed by atoms with E-state index in [1.807, 2.05) is 0 Å².